The Kier molecular flexibility index (Phi) is 4.28. The molecule has 18 heavy (non-hydrogen) atoms. The Hall–Kier alpha value is -1.02. The zero-order chi connectivity index (χ0) is 13.1. The largest absolute Gasteiger partial charge is 0.399 e. The molecule has 1 aromatic rings. The average molecular weight is 246 g/mol. The van der Waals surface area contributed by atoms with Crippen LogP contribution in [0.25, 0.3) is 0 Å². The van der Waals surface area contributed by atoms with Crippen LogP contribution in [0.4, 0.5) is 5.69 Å². The maximum absolute atomic E-state index is 5.72. The van der Waals surface area contributed by atoms with E-state index in [9.17, 15) is 0 Å². The van der Waals surface area contributed by atoms with Gasteiger partial charge in [0, 0.05) is 18.3 Å². The molecule has 0 aromatic heterocycles. The summed E-state index contributed by atoms with van der Waals surface area (Å²) in [5.74, 6) is 1.75. The van der Waals surface area contributed by atoms with E-state index in [0.717, 1.165) is 30.1 Å². The number of nitrogen functional groups attached to an aromatic ring is 1. The Balaban J connectivity index is 1.91. The van der Waals surface area contributed by atoms with Crippen molar-refractivity contribution in [1.29, 1.82) is 0 Å². The predicted molar refractivity (Wildman–Crippen MR) is 78.3 cm³/mol. The summed E-state index contributed by atoms with van der Waals surface area (Å²) in [6.45, 7) is 5.82. The van der Waals surface area contributed by atoms with Gasteiger partial charge in [0.2, 0.25) is 0 Å². The van der Waals surface area contributed by atoms with Crippen LogP contribution in [0.2, 0.25) is 0 Å². The van der Waals surface area contributed by atoms with Crippen molar-refractivity contribution in [2.24, 2.45) is 11.8 Å². The molecule has 1 aromatic carbocycles. The van der Waals surface area contributed by atoms with Crippen LogP contribution in [0, 0.1) is 11.8 Å². The average Bonchev–Trinajstić information content (AvgIpc) is 2.35. The Bertz CT molecular complexity index is 371. The maximum Gasteiger partial charge on any atom is 0.0314 e. The van der Waals surface area contributed by atoms with Gasteiger partial charge in [-0.15, -0.1) is 0 Å². The summed E-state index contributed by atoms with van der Waals surface area (Å²) in [5.41, 5.74) is 7.93. The first kappa shape index (κ1) is 13.4. The Morgan fingerprint density at radius 1 is 1.11 bits per heavy atom. The highest BCUT2D eigenvalue weighted by Crippen LogP contribution is 2.32. The highest BCUT2D eigenvalue weighted by atomic mass is 15.1. The van der Waals surface area contributed by atoms with E-state index in [0.29, 0.717) is 0 Å². The summed E-state index contributed by atoms with van der Waals surface area (Å²) in [7, 11) is 2.25. The fourth-order valence-corrected chi connectivity index (χ4v) is 2.96. The molecule has 1 aliphatic carbocycles. The van der Waals surface area contributed by atoms with Gasteiger partial charge in [-0.2, -0.15) is 0 Å². The van der Waals surface area contributed by atoms with Gasteiger partial charge in [-0.1, -0.05) is 26.0 Å². The van der Waals surface area contributed by atoms with E-state index >= 15 is 0 Å². The van der Waals surface area contributed by atoms with Crippen molar-refractivity contribution >= 4 is 5.69 Å². The third-order valence-electron chi connectivity index (χ3n) is 4.61. The first-order valence-electron chi connectivity index (χ1n) is 7.11. The van der Waals surface area contributed by atoms with E-state index in [1.807, 2.05) is 12.1 Å². The van der Waals surface area contributed by atoms with Crippen LogP contribution in [0.1, 0.15) is 38.7 Å². The molecule has 2 nitrogen and oxygen atoms in total. The zero-order valence-corrected chi connectivity index (χ0v) is 11.9. The third kappa shape index (κ3) is 3.26. The number of nitrogens with zero attached hydrogens (tertiary/aromatic N) is 1. The van der Waals surface area contributed by atoms with Gasteiger partial charge in [0.15, 0.2) is 0 Å². The molecule has 0 amide bonds. The van der Waals surface area contributed by atoms with Gasteiger partial charge in [0.1, 0.15) is 0 Å². The Morgan fingerprint density at radius 3 is 2.39 bits per heavy atom. The van der Waals surface area contributed by atoms with Crippen molar-refractivity contribution in [3.05, 3.63) is 29.8 Å². The van der Waals surface area contributed by atoms with Crippen molar-refractivity contribution < 1.29 is 0 Å². The van der Waals surface area contributed by atoms with Crippen LogP contribution in [0.5, 0.6) is 0 Å². The maximum atomic E-state index is 5.72. The molecule has 100 valence electrons. The van der Waals surface area contributed by atoms with Crippen LogP contribution < -0.4 is 5.73 Å². The number of rotatable bonds is 3. The van der Waals surface area contributed by atoms with Crippen LogP contribution in [-0.4, -0.2) is 18.0 Å². The van der Waals surface area contributed by atoms with Gasteiger partial charge in [-0.25, -0.2) is 0 Å². The smallest absolute Gasteiger partial charge is 0.0314 e. The molecule has 2 rings (SSSR count). The quantitative estimate of drug-likeness (QED) is 0.827. The monoisotopic (exact) mass is 246 g/mol. The lowest BCUT2D eigenvalue weighted by atomic mass is 9.78. The number of hydrogen-bond donors (Lipinski definition) is 1. The SMILES string of the molecule is CC1CCC(N(C)Cc2ccc(N)cc2)CC1C. The van der Waals surface area contributed by atoms with Crippen molar-refractivity contribution in [1.82, 2.24) is 4.90 Å². The molecular formula is C16H26N2. The molecule has 1 fully saturated rings. The van der Waals surface area contributed by atoms with E-state index in [2.05, 4.69) is 37.9 Å². The fourth-order valence-electron chi connectivity index (χ4n) is 2.96. The van der Waals surface area contributed by atoms with Gasteiger partial charge in [-0.05, 0) is 55.8 Å². The fraction of sp³-hybridized carbons (Fsp3) is 0.625. The topological polar surface area (TPSA) is 29.3 Å². The summed E-state index contributed by atoms with van der Waals surface area (Å²) in [4.78, 5) is 2.51. The van der Waals surface area contributed by atoms with Crippen LogP contribution in [-0.2, 0) is 6.54 Å². The second kappa shape index (κ2) is 5.75. The highest BCUT2D eigenvalue weighted by molar-refractivity contribution is 5.39. The lowest BCUT2D eigenvalue weighted by molar-refractivity contribution is 0.126. The van der Waals surface area contributed by atoms with Gasteiger partial charge in [-0.3, -0.25) is 4.90 Å². The van der Waals surface area contributed by atoms with Gasteiger partial charge < -0.3 is 5.73 Å². The van der Waals surface area contributed by atoms with Gasteiger partial charge >= 0.3 is 0 Å². The molecule has 0 saturated heterocycles. The van der Waals surface area contributed by atoms with Crippen LogP contribution >= 0.6 is 0 Å². The van der Waals surface area contributed by atoms with Crippen molar-refractivity contribution in [2.75, 3.05) is 12.8 Å². The van der Waals surface area contributed by atoms with Crippen molar-refractivity contribution in [3.63, 3.8) is 0 Å². The first-order valence-corrected chi connectivity index (χ1v) is 7.11. The molecule has 0 heterocycles. The van der Waals surface area contributed by atoms with Crippen LogP contribution in [0.3, 0.4) is 0 Å². The number of nitrogens with two attached hydrogens (primary N) is 1. The van der Waals surface area contributed by atoms with E-state index < -0.39 is 0 Å². The number of hydrogen-bond acceptors (Lipinski definition) is 2. The minimum Gasteiger partial charge on any atom is -0.399 e. The summed E-state index contributed by atoms with van der Waals surface area (Å²) in [6.07, 6.45) is 4.06. The molecule has 0 radical (unpaired) electrons. The van der Waals surface area contributed by atoms with E-state index in [-0.39, 0.29) is 0 Å². The van der Waals surface area contributed by atoms with Crippen molar-refractivity contribution in [2.45, 2.75) is 45.7 Å². The second-order valence-electron chi connectivity index (χ2n) is 6.08. The lowest BCUT2D eigenvalue weighted by Crippen LogP contribution is -2.37. The molecule has 2 N–H and O–H groups in total. The van der Waals surface area contributed by atoms with E-state index in [1.54, 1.807) is 0 Å². The standard InChI is InChI=1S/C16H26N2/c1-12-4-9-16(10-13(12)2)18(3)11-14-5-7-15(17)8-6-14/h5-8,12-13,16H,4,9-11,17H2,1-3H3. The summed E-state index contributed by atoms with van der Waals surface area (Å²) >= 11 is 0. The van der Waals surface area contributed by atoms with Gasteiger partial charge in [0.05, 0.1) is 0 Å². The first-order chi connectivity index (χ1) is 8.56. The summed E-state index contributed by atoms with van der Waals surface area (Å²) < 4.78 is 0. The molecule has 3 atom stereocenters. The molecular weight excluding hydrogens is 220 g/mol. The van der Waals surface area contributed by atoms with E-state index in [4.69, 9.17) is 5.73 Å². The van der Waals surface area contributed by atoms with Gasteiger partial charge in [0.25, 0.3) is 0 Å². The molecule has 0 aliphatic heterocycles. The predicted octanol–water partition coefficient (Wildman–Crippen LogP) is 3.53. The third-order valence-corrected chi connectivity index (χ3v) is 4.61. The minimum absolute atomic E-state index is 0.744. The highest BCUT2D eigenvalue weighted by Gasteiger charge is 2.26. The van der Waals surface area contributed by atoms with E-state index in [1.165, 1.54) is 24.8 Å². The summed E-state index contributed by atoms with van der Waals surface area (Å²) in [6, 6.07) is 9.01. The summed E-state index contributed by atoms with van der Waals surface area (Å²) in [5, 5.41) is 0. The minimum atomic E-state index is 0.744. The Morgan fingerprint density at radius 2 is 1.78 bits per heavy atom. The molecule has 0 spiro atoms. The molecule has 0 bridgehead atoms. The van der Waals surface area contributed by atoms with Crippen LogP contribution in [0.15, 0.2) is 24.3 Å². The molecule has 3 unspecified atom stereocenters. The molecule has 1 aliphatic rings. The molecule has 1 saturated carbocycles. The molecule has 2 heteroatoms. The Labute approximate surface area is 111 Å². The number of anilines is 1. The van der Waals surface area contributed by atoms with Crippen molar-refractivity contribution in [3.8, 4) is 0 Å². The zero-order valence-electron chi connectivity index (χ0n) is 11.9. The number of benzene rings is 1. The normalized spacial score (nSPS) is 28.6. The lowest BCUT2D eigenvalue weighted by Gasteiger charge is -2.37. The second-order valence-corrected chi connectivity index (χ2v) is 6.08.